The number of carbonyl (C=O) groups excluding carboxylic acids is 2. The van der Waals surface area contributed by atoms with Crippen molar-refractivity contribution in [3.63, 3.8) is 0 Å². The number of hydrogen-bond acceptors (Lipinski definition) is 5. The van der Waals surface area contributed by atoms with E-state index in [2.05, 4.69) is 47.6 Å². The fourth-order valence-corrected chi connectivity index (χ4v) is 4.58. The molecule has 1 aromatic carbocycles. The number of piperidine rings is 1. The first-order valence-corrected chi connectivity index (χ1v) is 11.5. The smallest absolute Gasteiger partial charge is 0.233 e. The molecule has 0 spiro atoms. The Bertz CT molecular complexity index is 916. The third-order valence-corrected chi connectivity index (χ3v) is 6.29. The Labute approximate surface area is 182 Å². The number of amides is 2. The lowest BCUT2D eigenvalue weighted by Gasteiger charge is -2.31. The molecule has 1 aliphatic heterocycles. The summed E-state index contributed by atoms with van der Waals surface area (Å²) < 4.78 is 2.02. The van der Waals surface area contributed by atoms with Crippen LogP contribution in [0.4, 0.5) is 0 Å². The van der Waals surface area contributed by atoms with Crippen molar-refractivity contribution in [1.29, 1.82) is 0 Å². The van der Waals surface area contributed by atoms with Crippen LogP contribution in [0.5, 0.6) is 0 Å². The Morgan fingerprint density at radius 2 is 1.87 bits per heavy atom. The number of carbonyl (C=O) groups is 2. The molecule has 162 valence electrons. The van der Waals surface area contributed by atoms with Crippen molar-refractivity contribution in [1.82, 2.24) is 25.0 Å². The van der Waals surface area contributed by atoms with Gasteiger partial charge in [-0.05, 0) is 64.7 Å². The number of rotatable bonds is 6. The van der Waals surface area contributed by atoms with Crippen LogP contribution in [-0.4, -0.2) is 56.4 Å². The van der Waals surface area contributed by atoms with Gasteiger partial charge >= 0.3 is 0 Å². The molecule has 7 nitrogen and oxygen atoms in total. The maximum Gasteiger partial charge on any atom is 0.233 e. The summed E-state index contributed by atoms with van der Waals surface area (Å²) in [6.07, 6.45) is 1.43. The van der Waals surface area contributed by atoms with Gasteiger partial charge in [0.15, 0.2) is 5.16 Å². The molecule has 0 atom stereocenters. The summed E-state index contributed by atoms with van der Waals surface area (Å²) in [6, 6.07) is 6.43. The Morgan fingerprint density at radius 1 is 1.17 bits per heavy atom. The van der Waals surface area contributed by atoms with Crippen molar-refractivity contribution in [2.75, 3.05) is 18.8 Å². The van der Waals surface area contributed by atoms with Gasteiger partial charge in [-0.3, -0.25) is 14.2 Å². The van der Waals surface area contributed by atoms with Crippen LogP contribution in [-0.2, 0) is 9.59 Å². The molecule has 1 aromatic heterocycles. The van der Waals surface area contributed by atoms with Crippen LogP contribution in [0.25, 0.3) is 5.69 Å². The highest BCUT2D eigenvalue weighted by molar-refractivity contribution is 7.99. The first-order chi connectivity index (χ1) is 14.3. The minimum atomic E-state index is -0.000790. The van der Waals surface area contributed by atoms with Gasteiger partial charge in [0.1, 0.15) is 5.82 Å². The average Bonchev–Trinajstić information content (AvgIpc) is 3.07. The maximum absolute atomic E-state index is 12.7. The zero-order valence-electron chi connectivity index (χ0n) is 18.4. The van der Waals surface area contributed by atoms with Gasteiger partial charge < -0.3 is 10.2 Å². The van der Waals surface area contributed by atoms with E-state index in [0.29, 0.717) is 31.7 Å². The van der Waals surface area contributed by atoms with Gasteiger partial charge in [0.25, 0.3) is 0 Å². The summed E-state index contributed by atoms with van der Waals surface area (Å²) in [5.74, 6) is 1.29. The molecule has 0 unspecified atom stereocenters. The van der Waals surface area contributed by atoms with Crippen molar-refractivity contribution in [2.45, 2.75) is 58.7 Å². The molecule has 1 aliphatic rings. The number of thioether (sulfide) groups is 1. The normalized spacial score (nSPS) is 14.9. The zero-order valence-corrected chi connectivity index (χ0v) is 19.3. The van der Waals surface area contributed by atoms with Gasteiger partial charge in [0, 0.05) is 25.0 Å². The Kier molecular flexibility index (Phi) is 7.18. The van der Waals surface area contributed by atoms with Crippen molar-refractivity contribution in [3.8, 4) is 5.69 Å². The molecule has 8 heteroatoms. The second-order valence-electron chi connectivity index (χ2n) is 8.26. The molecule has 3 rings (SSSR count). The number of aromatic nitrogens is 3. The molecule has 0 aliphatic carbocycles. The van der Waals surface area contributed by atoms with Gasteiger partial charge in [-0.1, -0.05) is 23.9 Å². The van der Waals surface area contributed by atoms with E-state index in [1.807, 2.05) is 30.2 Å². The van der Waals surface area contributed by atoms with Crippen LogP contribution < -0.4 is 5.32 Å². The molecule has 0 radical (unpaired) electrons. The molecule has 0 saturated carbocycles. The first-order valence-electron chi connectivity index (χ1n) is 10.5. The number of likely N-dealkylation sites (tertiary alicyclic amines) is 1. The van der Waals surface area contributed by atoms with Crippen LogP contribution in [0.15, 0.2) is 23.4 Å². The van der Waals surface area contributed by atoms with Gasteiger partial charge in [-0.25, -0.2) is 0 Å². The molecular weight excluding hydrogens is 398 g/mol. The zero-order chi connectivity index (χ0) is 21.8. The molecule has 2 heterocycles. The molecule has 1 fully saturated rings. The van der Waals surface area contributed by atoms with Crippen LogP contribution in [0.2, 0.25) is 0 Å². The van der Waals surface area contributed by atoms with E-state index in [-0.39, 0.29) is 23.8 Å². The number of benzene rings is 1. The lowest BCUT2D eigenvalue weighted by molar-refractivity contribution is -0.133. The summed E-state index contributed by atoms with van der Waals surface area (Å²) in [6.45, 7) is 11.2. The molecule has 30 heavy (non-hydrogen) atoms. The third-order valence-electron chi connectivity index (χ3n) is 5.37. The third kappa shape index (κ3) is 5.22. The van der Waals surface area contributed by atoms with Crippen molar-refractivity contribution in [3.05, 3.63) is 35.2 Å². The molecule has 1 N–H and O–H groups in total. The van der Waals surface area contributed by atoms with E-state index < -0.39 is 0 Å². The number of aryl methyl sites for hydroxylation is 3. The van der Waals surface area contributed by atoms with E-state index in [0.717, 1.165) is 22.2 Å². The van der Waals surface area contributed by atoms with Crippen LogP contribution in [0.1, 0.15) is 43.6 Å². The van der Waals surface area contributed by atoms with E-state index in [4.69, 9.17) is 0 Å². The highest BCUT2D eigenvalue weighted by Gasteiger charge is 2.28. The summed E-state index contributed by atoms with van der Waals surface area (Å²) >= 11 is 1.41. The van der Waals surface area contributed by atoms with Gasteiger partial charge in [-0.15, -0.1) is 10.2 Å². The molecule has 2 aromatic rings. The monoisotopic (exact) mass is 429 g/mol. The molecule has 0 bridgehead atoms. The topological polar surface area (TPSA) is 80.1 Å². The Morgan fingerprint density at radius 3 is 2.53 bits per heavy atom. The predicted octanol–water partition coefficient (Wildman–Crippen LogP) is 3.05. The predicted molar refractivity (Wildman–Crippen MR) is 119 cm³/mol. The summed E-state index contributed by atoms with van der Waals surface area (Å²) in [5, 5.41) is 12.2. The summed E-state index contributed by atoms with van der Waals surface area (Å²) in [4.78, 5) is 26.8. The van der Waals surface area contributed by atoms with Gasteiger partial charge in [-0.2, -0.15) is 0 Å². The van der Waals surface area contributed by atoms with E-state index in [1.165, 1.54) is 17.3 Å². The second-order valence-corrected chi connectivity index (χ2v) is 9.20. The van der Waals surface area contributed by atoms with Crippen LogP contribution in [0.3, 0.4) is 0 Å². The maximum atomic E-state index is 12.7. The summed E-state index contributed by atoms with van der Waals surface area (Å²) in [7, 11) is 0. The summed E-state index contributed by atoms with van der Waals surface area (Å²) in [5.41, 5.74) is 3.35. The SMILES string of the molecule is Cc1ccc(C)c(-n2c(C)nnc2SCC(=O)N2CCC(C(=O)NC(C)C)CC2)c1. The average molecular weight is 430 g/mol. The van der Waals surface area contributed by atoms with E-state index in [1.54, 1.807) is 0 Å². The van der Waals surface area contributed by atoms with Crippen molar-refractivity contribution >= 4 is 23.6 Å². The van der Waals surface area contributed by atoms with Gasteiger partial charge in [0.05, 0.1) is 11.4 Å². The van der Waals surface area contributed by atoms with Crippen LogP contribution >= 0.6 is 11.8 Å². The quantitative estimate of drug-likeness (QED) is 0.714. The number of nitrogens with zero attached hydrogens (tertiary/aromatic N) is 4. The standard InChI is InChI=1S/C22H31N5O2S/c1-14(2)23-21(29)18-8-10-26(11-9-18)20(28)13-30-22-25-24-17(5)27(22)19-12-15(3)6-7-16(19)4/h6-7,12,14,18H,8-11,13H2,1-5H3,(H,23,29). The lowest BCUT2D eigenvalue weighted by Crippen LogP contribution is -2.44. The lowest BCUT2D eigenvalue weighted by atomic mass is 9.95. The highest BCUT2D eigenvalue weighted by Crippen LogP contribution is 2.26. The first kappa shape index (κ1) is 22.3. The molecular formula is C22H31N5O2S. The Balaban J connectivity index is 1.60. The van der Waals surface area contributed by atoms with Gasteiger partial charge in [0.2, 0.25) is 11.8 Å². The fraction of sp³-hybridized carbons (Fsp3) is 0.545. The largest absolute Gasteiger partial charge is 0.354 e. The molecule has 2 amide bonds. The van der Waals surface area contributed by atoms with E-state index >= 15 is 0 Å². The minimum Gasteiger partial charge on any atom is -0.354 e. The fourth-order valence-electron chi connectivity index (χ4n) is 3.69. The second kappa shape index (κ2) is 9.64. The Hall–Kier alpha value is -2.35. The van der Waals surface area contributed by atoms with Crippen molar-refractivity contribution in [2.24, 2.45) is 5.92 Å². The molecule has 1 saturated heterocycles. The van der Waals surface area contributed by atoms with Crippen molar-refractivity contribution < 1.29 is 9.59 Å². The highest BCUT2D eigenvalue weighted by atomic mass is 32.2. The van der Waals surface area contributed by atoms with Crippen LogP contribution in [0, 0.1) is 26.7 Å². The number of hydrogen-bond donors (Lipinski definition) is 1. The van der Waals surface area contributed by atoms with E-state index in [9.17, 15) is 9.59 Å². The number of nitrogens with one attached hydrogen (secondary N) is 1. The minimum absolute atomic E-state index is 0.000790.